The average molecular weight is 344 g/mol. The topological polar surface area (TPSA) is 45.2 Å². The molecular formula is C19H22ClN3O. The third-order valence-electron chi connectivity index (χ3n) is 4.49. The van der Waals surface area contributed by atoms with Gasteiger partial charge in [-0.2, -0.15) is 0 Å². The first-order chi connectivity index (χ1) is 11.6. The fraction of sp³-hybridized carbons (Fsp3) is 0.368. The molecule has 1 amide bonds. The van der Waals surface area contributed by atoms with Crippen LogP contribution in [0.15, 0.2) is 48.7 Å². The maximum Gasteiger partial charge on any atom is 0.238 e. The lowest BCUT2D eigenvalue weighted by Gasteiger charge is -2.28. The summed E-state index contributed by atoms with van der Waals surface area (Å²) in [5, 5.41) is 3.18. The first kappa shape index (κ1) is 16.9. The van der Waals surface area contributed by atoms with Gasteiger partial charge in [-0.3, -0.25) is 9.69 Å². The molecule has 24 heavy (non-hydrogen) atoms. The molecule has 1 atom stereocenters. The molecule has 1 aliphatic carbocycles. The number of anilines is 1. The van der Waals surface area contributed by atoms with Crippen LogP contribution in [-0.2, 0) is 11.3 Å². The Hall–Kier alpha value is -1.91. The van der Waals surface area contributed by atoms with Gasteiger partial charge in [0.2, 0.25) is 5.91 Å². The zero-order valence-corrected chi connectivity index (χ0v) is 14.5. The zero-order chi connectivity index (χ0) is 16.9. The summed E-state index contributed by atoms with van der Waals surface area (Å²) in [5.41, 5.74) is 1.78. The van der Waals surface area contributed by atoms with Gasteiger partial charge in [-0.25, -0.2) is 4.98 Å². The van der Waals surface area contributed by atoms with Gasteiger partial charge in [-0.05, 0) is 43.4 Å². The van der Waals surface area contributed by atoms with Crippen LogP contribution in [0, 0.1) is 5.92 Å². The van der Waals surface area contributed by atoms with Crippen LogP contribution in [-0.4, -0.2) is 28.4 Å². The van der Waals surface area contributed by atoms with E-state index in [0.29, 0.717) is 29.3 Å². The monoisotopic (exact) mass is 343 g/mol. The number of carbonyl (C=O) groups is 1. The van der Waals surface area contributed by atoms with E-state index in [-0.39, 0.29) is 5.91 Å². The number of carbonyl (C=O) groups excluding carboxylic acids is 1. The van der Waals surface area contributed by atoms with Crippen LogP contribution in [0.3, 0.4) is 0 Å². The molecule has 0 bridgehead atoms. The number of hydrogen-bond acceptors (Lipinski definition) is 3. The zero-order valence-electron chi connectivity index (χ0n) is 13.8. The number of hydrogen-bond donors (Lipinski definition) is 1. The van der Waals surface area contributed by atoms with Crippen molar-refractivity contribution in [1.82, 2.24) is 9.88 Å². The van der Waals surface area contributed by atoms with E-state index in [1.165, 1.54) is 18.4 Å². The van der Waals surface area contributed by atoms with E-state index in [0.717, 1.165) is 6.54 Å². The minimum absolute atomic E-state index is 0.0617. The second-order valence-corrected chi connectivity index (χ2v) is 6.72. The number of nitrogens with zero attached hydrogens (tertiary/aromatic N) is 2. The first-order valence-corrected chi connectivity index (χ1v) is 8.69. The summed E-state index contributed by atoms with van der Waals surface area (Å²) < 4.78 is 0. The van der Waals surface area contributed by atoms with Gasteiger partial charge in [0.05, 0.1) is 12.2 Å². The molecule has 0 aliphatic heterocycles. The van der Waals surface area contributed by atoms with Crippen LogP contribution < -0.4 is 5.32 Å². The molecule has 1 aliphatic rings. The molecule has 126 valence electrons. The number of halogens is 1. The van der Waals surface area contributed by atoms with Crippen LogP contribution in [0.2, 0.25) is 5.15 Å². The van der Waals surface area contributed by atoms with Gasteiger partial charge < -0.3 is 5.32 Å². The van der Waals surface area contributed by atoms with Gasteiger partial charge in [-0.1, -0.05) is 41.9 Å². The molecule has 0 spiro atoms. The van der Waals surface area contributed by atoms with Gasteiger partial charge in [0.1, 0.15) is 0 Å². The third-order valence-corrected chi connectivity index (χ3v) is 4.79. The highest BCUT2D eigenvalue weighted by atomic mass is 35.5. The Kier molecular flexibility index (Phi) is 5.48. The number of amides is 1. The quantitative estimate of drug-likeness (QED) is 0.773. The molecule has 2 aromatic rings. The minimum atomic E-state index is -0.0617. The summed E-state index contributed by atoms with van der Waals surface area (Å²) in [5.74, 6) is 0.636. The molecule has 1 N–H and O–H groups in total. The Balaban J connectivity index is 1.66. The van der Waals surface area contributed by atoms with Crippen LogP contribution in [0.4, 0.5) is 5.69 Å². The number of rotatable bonds is 7. The molecule has 4 nitrogen and oxygen atoms in total. The maximum atomic E-state index is 12.5. The predicted molar refractivity (Wildman–Crippen MR) is 96.9 cm³/mol. The molecule has 3 rings (SSSR count). The normalized spacial score (nSPS) is 15.3. The van der Waals surface area contributed by atoms with Gasteiger partial charge in [0.25, 0.3) is 0 Å². The molecule has 1 aromatic heterocycles. The molecule has 1 saturated carbocycles. The van der Waals surface area contributed by atoms with Crippen LogP contribution in [0.1, 0.15) is 25.3 Å². The highest BCUT2D eigenvalue weighted by molar-refractivity contribution is 6.32. The number of pyridine rings is 1. The van der Waals surface area contributed by atoms with Crippen LogP contribution >= 0.6 is 11.6 Å². The molecule has 1 fully saturated rings. The third kappa shape index (κ3) is 4.56. The Labute approximate surface area is 147 Å². The smallest absolute Gasteiger partial charge is 0.238 e. The molecule has 0 saturated heterocycles. The lowest BCUT2D eigenvalue weighted by molar-refractivity contribution is -0.118. The van der Waals surface area contributed by atoms with Gasteiger partial charge in [0, 0.05) is 18.8 Å². The van der Waals surface area contributed by atoms with Gasteiger partial charge in [-0.15, -0.1) is 0 Å². The van der Waals surface area contributed by atoms with Gasteiger partial charge >= 0.3 is 0 Å². The number of benzene rings is 1. The highest BCUT2D eigenvalue weighted by Crippen LogP contribution is 2.35. The van der Waals surface area contributed by atoms with Crippen LogP contribution in [0.5, 0.6) is 0 Å². The average Bonchev–Trinajstić information content (AvgIpc) is 3.42. The standard InChI is InChI=1S/C19H22ClN3O/c1-14(16-9-10-16)23(12-15-6-3-2-4-7-15)13-18(24)22-17-8-5-11-21-19(17)20/h2-8,11,14,16H,9-10,12-13H2,1H3,(H,22,24). The van der Waals surface area contributed by atoms with Crippen molar-refractivity contribution < 1.29 is 4.79 Å². The van der Waals surface area contributed by atoms with Crippen molar-refractivity contribution in [2.24, 2.45) is 5.92 Å². The first-order valence-electron chi connectivity index (χ1n) is 8.32. The van der Waals surface area contributed by atoms with Crippen molar-refractivity contribution >= 4 is 23.2 Å². The highest BCUT2D eigenvalue weighted by Gasteiger charge is 2.32. The van der Waals surface area contributed by atoms with Crippen molar-refractivity contribution in [2.75, 3.05) is 11.9 Å². The van der Waals surface area contributed by atoms with E-state index < -0.39 is 0 Å². The summed E-state index contributed by atoms with van der Waals surface area (Å²) >= 11 is 6.02. The van der Waals surface area contributed by atoms with E-state index in [2.05, 4.69) is 34.3 Å². The molecule has 1 heterocycles. The Bertz CT molecular complexity index is 688. The Morgan fingerprint density at radius 1 is 1.29 bits per heavy atom. The largest absolute Gasteiger partial charge is 0.322 e. The lowest BCUT2D eigenvalue weighted by Crippen LogP contribution is -2.40. The van der Waals surface area contributed by atoms with E-state index in [4.69, 9.17) is 11.6 Å². The second kappa shape index (κ2) is 7.77. The van der Waals surface area contributed by atoms with E-state index in [1.807, 2.05) is 18.2 Å². The van der Waals surface area contributed by atoms with E-state index >= 15 is 0 Å². The van der Waals surface area contributed by atoms with Crippen molar-refractivity contribution in [3.63, 3.8) is 0 Å². The summed E-state index contributed by atoms with van der Waals surface area (Å²) in [4.78, 5) is 18.7. The van der Waals surface area contributed by atoms with Crippen molar-refractivity contribution in [3.05, 3.63) is 59.4 Å². The SMILES string of the molecule is CC(C1CC1)N(CC(=O)Nc1cccnc1Cl)Cc1ccccc1. The summed E-state index contributed by atoms with van der Waals surface area (Å²) in [6.45, 7) is 3.33. The fourth-order valence-electron chi connectivity index (χ4n) is 2.89. The minimum Gasteiger partial charge on any atom is -0.322 e. The predicted octanol–water partition coefficient (Wildman–Crippen LogP) is 3.97. The van der Waals surface area contributed by atoms with Crippen molar-refractivity contribution in [1.29, 1.82) is 0 Å². The van der Waals surface area contributed by atoms with Crippen molar-refractivity contribution in [3.8, 4) is 0 Å². The Morgan fingerprint density at radius 2 is 2.04 bits per heavy atom. The maximum absolute atomic E-state index is 12.5. The molecular weight excluding hydrogens is 322 g/mol. The molecule has 0 radical (unpaired) electrons. The van der Waals surface area contributed by atoms with Crippen LogP contribution in [0.25, 0.3) is 0 Å². The summed E-state index contributed by atoms with van der Waals surface area (Å²) in [7, 11) is 0. The summed E-state index contributed by atoms with van der Waals surface area (Å²) in [6, 6.07) is 14.2. The van der Waals surface area contributed by atoms with Gasteiger partial charge in [0.15, 0.2) is 5.15 Å². The lowest BCUT2D eigenvalue weighted by atomic mass is 10.1. The van der Waals surface area contributed by atoms with E-state index in [1.54, 1.807) is 18.3 Å². The second-order valence-electron chi connectivity index (χ2n) is 6.36. The number of nitrogens with one attached hydrogen (secondary N) is 1. The molecule has 1 aromatic carbocycles. The Morgan fingerprint density at radius 3 is 2.71 bits per heavy atom. The molecule has 5 heteroatoms. The fourth-order valence-corrected chi connectivity index (χ4v) is 3.06. The number of aromatic nitrogens is 1. The molecule has 1 unspecified atom stereocenters. The van der Waals surface area contributed by atoms with Crippen molar-refractivity contribution in [2.45, 2.75) is 32.4 Å². The summed E-state index contributed by atoms with van der Waals surface area (Å²) in [6.07, 6.45) is 4.11. The van der Waals surface area contributed by atoms with E-state index in [9.17, 15) is 4.79 Å².